The zero-order chi connectivity index (χ0) is 16.0. The number of aliphatic hydroxyl groups is 1. The Morgan fingerprint density at radius 2 is 2.10 bits per heavy atom. The fourth-order valence-corrected chi connectivity index (χ4v) is 1.97. The average Bonchev–Trinajstić information content (AvgIpc) is 2.44. The number of carbonyl (C=O) groups excluding carboxylic acids is 1. The summed E-state index contributed by atoms with van der Waals surface area (Å²) in [5.74, 6) is 0.319. The third-order valence-corrected chi connectivity index (χ3v) is 3.11. The van der Waals surface area contributed by atoms with Gasteiger partial charge in [-0.05, 0) is 25.0 Å². The molecule has 1 aromatic carbocycles. The van der Waals surface area contributed by atoms with Gasteiger partial charge >= 0.3 is 0 Å². The molecule has 0 fully saturated rings. The number of anilines is 1. The molecule has 0 bridgehead atoms. The molecule has 0 aliphatic carbocycles. The molecule has 2 N–H and O–H groups in total. The molecule has 0 spiro atoms. The van der Waals surface area contributed by atoms with Gasteiger partial charge in [-0.3, -0.25) is 4.79 Å². The lowest BCUT2D eigenvalue weighted by Gasteiger charge is -2.23. The van der Waals surface area contributed by atoms with Crippen LogP contribution in [-0.4, -0.2) is 31.2 Å². The van der Waals surface area contributed by atoms with E-state index in [-0.39, 0.29) is 12.5 Å². The Balaban J connectivity index is 2.88. The number of nitrogens with zero attached hydrogens (tertiary/aromatic N) is 2. The van der Waals surface area contributed by atoms with Crippen molar-refractivity contribution in [3.8, 4) is 6.07 Å². The third kappa shape index (κ3) is 5.09. The molecule has 1 atom stereocenters. The Labute approximate surface area is 126 Å². The topological polar surface area (TPSA) is 76.4 Å². The molecule has 0 aliphatic rings. The molecule has 0 heterocycles. The minimum absolute atomic E-state index is 0.0786. The highest BCUT2D eigenvalue weighted by atomic mass is 16.3. The molecule has 0 saturated carbocycles. The number of amides is 1. The van der Waals surface area contributed by atoms with Crippen LogP contribution >= 0.6 is 0 Å². The number of aliphatic hydroxyl groups excluding tert-OH is 1. The van der Waals surface area contributed by atoms with E-state index in [1.807, 2.05) is 13.8 Å². The smallest absolute Gasteiger partial charge is 0.239 e. The van der Waals surface area contributed by atoms with Crippen LogP contribution in [0, 0.1) is 17.2 Å². The van der Waals surface area contributed by atoms with Gasteiger partial charge in [-0.2, -0.15) is 5.26 Å². The van der Waals surface area contributed by atoms with Gasteiger partial charge in [-0.15, -0.1) is 0 Å². The first-order valence-corrected chi connectivity index (χ1v) is 7.05. The Morgan fingerprint density at radius 1 is 1.43 bits per heavy atom. The van der Waals surface area contributed by atoms with Crippen LogP contribution in [0.25, 0.3) is 0 Å². The van der Waals surface area contributed by atoms with Crippen LogP contribution in [0.2, 0.25) is 0 Å². The molecule has 114 valence electrons. The number of hydrogen-bond donors (Lipinski definition) is 2. The first-order valence-electron chi connectivity index (χ1n) is 7.05. The number of benzene rings is 1. The predicted molar refractivity (Wildman–Crippen MR) is 82.9 cm³/mol. The largest absolute Gasteiger partial charge is 0.389 e. The van der Waals surface area contributed by atoms with Crippen molar-refractivity contribution in [1.29, 1.82) is 5.26 Å². The fourth-order valence-electron chi connectivity index (χ4n) is 1.97. The van der Waals surface area contributed by atoms with E-state index in [2.05, 4.69) is 11.4 Å². The molecular weight excluding hydrogens is 266 g/mol. The molecule has 1 rings (SSSR count). The number of likely N-dealkylation sites (N-methyl/N-ethyl adjacent to an activating group) is 1. The van der Waals surface area contributed by atoms with Crippen molar-refractivity contribution in [2.24, 2.45) is 5.92 Å². The number of rotatable bonds is 6. The fraction of sp³-hybridized carbons (Fsp3) is 0.500. The zero-order valence-electron chi connectivity index (χ0n) is 13.1. The lowest BCUT2D eigenvalue weighted by molar-refractivity contribution is -0.119. The van der Waals surface area contributed by atoms with Crippen LogP contribution in [0.5, 0.6) is 0 Å². The minimum atomic E-state index is -0.658. The molecule has 1 aromatic rings. The van der Waals surface area contributed by atoms with Gasteiger partial charge in [-0.1, -0.05) is 19.9 Å². The van der Waals surface area contributed by atoms with Gasteiger partial charge in [-0.25, -0.2) is 0 Å². The van der Waals surface area contributed by atoms with Gasteiger partial charge in [0.1, 0.15) is 0 Å². The van der Waals surface area contributed by atoms with Crippen molar-refractivity contribution in [2.45, 2.75) is 26.9 Å². The van der Waals surface area contributed by atoms with Crippen LogP contribution in [0.1, 0.15) is 38.0 Å². The number of nitrogens with one attached hydrogen (secondary N) is 1. The molecule has 1 amide bonds. The van der Waals surface area contributed by atoms with Crippen LogP contribution in [-0.2, 0) is 4.79 Å². The van der Waals surface area contributed by atoms with E-state index in [9.17, 15) is 9.90 Å². The van der Waals surface area contributed by atoms with E-state index in [1.165, 1.54) is 0 Å². The first-order chi connectivity index (χ1) is 9.85. The summed E-state index contributed by atoms with van der Waals surface area (Å²) in [6, 6.07) is 7.15. The van der Waals surface area contributed by atoms with Gasteiger partial charge in [0.05, 0.1) is 24.3 Å². The Hall–Kier alpha value is -2.06. The zero-order valence-corrected chi connectivity index (χ0v) is 13.1. The first kappa shape index (κ1) is 17.0. The molecule has 5 heteroatoms. The quantitative estimate of drug-likeness (QED) is 0.837. The van der Waals surface area contributed by atoms with Crippen molar-refractivity contribution in [1.82, 2.24) is 5.32 Å². The molecule has 0 aromatic heterocycles. The summed E-state index contributed by atoms with van der Waals surface area (Å²) in [5, 5.41) is 21.7. The maximum absolute atomic E-state index is 11.9. The molecule has 0 aliphatic heterocycles. The van der Waals surface area contributed by atoms with Crippen molar-refractivity contribution in [2.75, 3.05) is 25.0 Å². The van der Waals surface area contributed by atoms with Crippen LogP contribution in [0.15, 0.2) is 18.2 Å². The summed E-state index contributed by atoms with van der Waals surface area (Å²) in [5.41, 5.74) is 1.90. The van der Waals surface area contributed by atoms with Crippen LogP contribution in [0.4, 0.5) is 5.69 Å². The van der Waals surface area contributed by atoms with Gasteiger partial charge < -0.3 is 15.3 Å². The van der Waals surface area contributed by atoms with Crippen molar-refractivity contribution in [3.63, 3.8) is 0 Å². The Morgan fingerprint density at radius 3 is 2.62 bits per heavy atom. The lowest BCUT2D eigenvalue weighted by Crippen LogP contribution is -2.37. The van der Waals surface area contributed by atoms with E-state index < -0.39 is 6.10 Å². The molecule has 0 unspecified atom stereocenters. The van der Waals surface area contributed by atoms with E-state index in [0.29, 0.717) is 29.3 Å². The second-order valence-electron chi connectivity index (χ2n) is 5.62. The third-order valence-electron chi connectivity index (χ3n) is 3.11. The van der Waals surface area contributed by atoms with Gasteiger partial charge in [0.2, 0.25) is 5.91 Å². The van der Waals surface area contributed by atoms with Crippen LogP contribution in [0.3, 0.4) is 0 Å². The number of nitriles is 1. The predicted octanol–water partition coefficient (Wildman–Crippen LogP) is 1.82. The molecule has 0 saturated heterocycles. The monoisotopic (exact) mass is 289 g/mol. The maximum atomic E-state index is 11.9. The van der Waals surface area contributed by atoms with Gasteiger partial charge in [0.15, 0.2) is 0 Å². The highest BCUT2D eigenvalue weighted by molar-refractivity contribution is 5.81. The van der Waals surface area contributed by atoms with Crippen molar-refractivity contribution in [3.05, 3.63) is 29.3 Å². The van der Waals surface area contributed by atoms with E-state index in [4.69, 9.17) is 5.26 Å². The summed E-state index contributed by atoms with van der Waals surface area (Å²) in [6.07, 6.45) is -0.658. The van der Waals surface area contributed by atoms with Crippen LogP contribution < -0.4 is 10.2 Å². The molecule has 0 radical (unpaired) electrons. The summed E-state index contributed by atoms with van der Waals surface area (Å²) >= 11 is 0. The van der Waals surface area contributed by atoms with Gasteiger partial charge in [0.25, 0.3) is 0 Å². The molecule has 21 heavy (non-hydrogen) atoms. The van der Waals surface area contributed by atoms with Crippen molar-refractivity contribution >= 4 is 11.6 Å². The minimum Gasteiger partial charge on any atom is -0.389 e. The second-order valence-corrected chi connectivity index (χ2v) is 5.62. The second kappa shape index (κ2) is 7.65. The maximum Gasteiger partial charge on any atom is 0.239 e. The summed E-state index contributed by atoms with van der Waals surface area (Å²) in [4.78, 5) is 13.6. The van der Waals surface area contributed by atoms with Gasteiger partial charge in [0, 0.05) is 24.8 Å². The average molecular weight is 289 g/mol. The summed E-state index contributed by atoms with van der Waals surface area (Å²) in [6.45, 7) is 6.55. The van der Waals surface area contributed by atoms with E-state index in [1.54, 1.807) is 37.1 Å². The molecular formula is C16H23N3O2. The Bertz CT molecular complexity index is 533. The van der Waals surface area contributed by atoms with E-state index >= 15 is 0 Å². The summed E-state index contributed by atoms with van der Waals surface area (Å²) < 4.78 is 0. The Kier molecular flexibility index (Phi) is 6.19. The standard InChI is InChI=1S/C16H23N3O2/c1-11(2)9-18-16(21)10-19(4)15-7-13(8-17)5-6-14(15)12(3)20/h5-7,11-12,20H,9-10H2,1-4H3,(H,18,21)/t12-/m0/s1. The lowest BCUT2D eigenvalue weighted by atomic mass is 10.0. The normalized spacial score (nSPS) is 11.9. The number of carbonyl (C=O) groups is 1. The number of hydrogen-bond acceptors (Lipinski definition) is 4. The highest BCUT2D eigenvalue weighted by Gasteiger charge is 2.15. The highest BCUT2D eigenvalue weighted by Crippen LogP contribution is 2.26. The molecule has 5 nitrogen and oxygen atoms in total. The van der Waals surface area contributed by atoms with Crippen molar-refractivity contribution < 1.29 is 9.90 Å². The SMILES string of the molecule is CC(C)CNC(=O)CN(C)c1cc(C#N)ccc1[C@H](C)O. The summed E-state index contributed by atoms with van der Waals surface area (Å²) in [7, 11) is 1.78. The van der Waals surface area contributed by atoms with E-state index in [0.717, 1.165) is 0 Å².